The summed E-state index contributed by atoms with van der Waals surface area (Å²) in [6.07, 6.45) is 0. The number of aromatic nitrogens is 3. The molecule has 1 aromatic heterocycles. The van der Waals surface area contributed by atoms with E-state index in [4.69, 9.17) is 44.9 Å². The van der Waals surface area contributed by atoms with Crippen molar-refractivity contribution in [3.05, 3.63) is 62.6 Å². The molecule has 146 valence electrons. The van der Waals surface area contributed by atoms with Gasteiger partial charge in [-0.1, -0.05) is 23.2 Å². The fourth-order valence-electron chi connectivity index (χ4n) is 2.54. The first-order valence-electron chi connectivity index (χ1n) is 8.06. The average molecular weight is 439 g/mol. The molecule has 0 aliphatic heterocycles. The molecule has 0 saturated carbocycles. The smallest absolute Gasteiger partial charge is 0.251 e. The van der Waals surface area contributed by atoms with Crippen molar-refractivity contribution in [2.75, 3.05) is 14.2 Å². The molecule has 0 aliphatic carbocycles. The van der Waals surface area contributed by atoms with Crippen LogP contribution in [-0.4, -0.2) is 34.9 Å². The van der Waals surface area contributed by atoms with Gasteiger partial charge in [-0.3, -0.25) is 14.5 Å². The SMILES string of the molecule is COc1cc(OC)cc(C(=O)NCc2n[nH]c(=S)n2-c2ccc(Cl)c(Cl)c2)c1. The number of hydrogen-bond acceptors (Lipinski definition) is 5. The first-order valence-corrected chi connectivity index (χ1v) is 9.22. The van der Waals surface area contributed by atoms with Crippen LogP contribution in [0.3, 0.4) is 0 Å². The normalized spacial score (nSPS) is 10.6. The van der Waals surface area contributed by atoms with Gasteiger partial charge in [0.2, 0.25) is 0 Å². The minimum atomic E-state index is -0.313. The number of H-pyrrole nitrogens is 1. The summed E-state index contributed by atoms with van der Waals surface area (Å²) < 4.78 is 12.4. The highest BCUT2D eigenvalue weighted by atomic mass is 35.5. The fourth-order valence-corrected chi connectivity index (χ4v) is 3.09. The van der Waals surface area contributed by atoms with Crippen molar-refractivity contribution in [1.82, 2.24) is 20.1 Å². The van der Waals surface area contributed by atoms with Gasteiger partial charge in [0.05, 0.1) is 36.5 Å². The molecule has 7 nitrogen and oxygen atoms in total. The van der Waals surface area contributed by atoms with Crippen LogP contribution in [0.2, 0.25) is 10.0 Å². The molecule has 1 amide bonds. The quantitative estimate of drug-likeness (QED) is 0.564. The topological polar surface area (TPSA) is 81.2 Å². The minimum Gasteiger partial charge on any atom is -0.497 e. The third-order valence-corrected chi connectivity index (χ3v) is 4.94. The van der Waals surface area contributed by atoms with Gasteiger partial charge in [-0.2, -0.15) is 5.10 Å². The lowest BCUT2D eigenvalue weighted by atomic mass is 10.2. The summed E-state index contributed by atoms with van der Waals surface area (Å²) in [5.41, 5.74) is 1.08. The first kappa shape index (κ1) is 20.2. The predicted octanol–water partition coefficient (Wildman–Crippen LogP) is 4.18. The van der Waals surface area contributed by atoms with Crippen molar-refractivity contribution in [3.8, 4) is 17.2 Å². The molecular formula is C18H16Cl2N4O3S. The Bertz CT molecular complexity index is 1060. The lowest BCUT2D eigenvalue weighted by molar-refractivity contribution is 0.0949. The van der Waals surface area contributed by atoms with Crippen LogP contribution in [0.4, 0.5) is 0 Å². The monoisotopic (exact) mass is 438 g/mol. The molecule has 0 unspecified atom stereocenters. The number of rotatable bonds is 6. The Kier molecular flexibility index (Phi) is 6.23. The molecule has 0 radical (unpaired) electrons. The number of halogens is 2. The Balaban J connectivity index is 1.83. The standard InChI is InChI=1S/C18H16Cl2N4O3S/c1-26-12-5-10(6-13(8-12)27-2)17(25)21-9-16-22-23-18(28)24(16)11-3-4-14(19)15(20)7-11/h3-8H,9H2,1-2H3,(H,21,25)(H,23,28). The summed E-state index contributed by atoms with van der Waals surface area (Å²) in [6, 6.07) is 10.0. The molecule has 0 saturated heterocycles. The lowest BCUT2D eigenvalue weighted by Gasteiger charge is -2.10. The number of benzene rings is 2. The number of nitrogens with zero attached hydrogens (tertiary/aromatic N) is 2. The molecule has 2 aromatic carbocycles. The van der Waals surface area contributed by atoms with Gasteiger partial charge in [-0.25, -0.2) is 0 Å². The van der Waals surface area contributed by atoms with Crippen molar-refractivity contribution in [2.24, 2.45) is 0 Å². The van der Waals surface area contributed by atoms with E-state index in [-0.39, 0.29) is 12.5 Å². The van der Waals surface area contributed by atoms with Crippen LogP contribution in [0, 0.1) is 4.77 Å². The molecular weight excluding hydrogens is 423 g/mol. The zero-order valence-electron chi connectivity index (χ0n) is 15.0. The van der Waals surface area contributed by atoms with E-state index in [0.717, 1.165) is 0 Å². The molecule has 3 aromatic rings. The maximum absolute atomic E-state index is 12.6. The van der Waals surface area contributed by atoms with E-state index in [0.29, 0.717) is 43.4 Å². The van der Waals surface area contributed by atoms with Crippen LogP contribution in [0.5, 0.6) is 11.5 Å². The number of nitrogens with one attached hydrogen (secondary N) is 2. The summed E-state index contributed by atoms with van der Waals surface area (Å²) >= 11 is 17.4. The van der Waals surface area contributed by atoms with Crippen LogP contribution < -0.4 is 14.8 Å². The highest BCUT2D eigenvalue weighted by Crippen LogP contribution is 2.25. The summed E-state index contributed by atoms with van der Waals surface area (Å²) in [7, 11) is 3.04. The Hall–Kier alpha value is -2.55. The van der Waals surface area contributed by atoms with E-state index in [1.807, 2.05) is 0 Å². The van der Waals surface area contributed by atoms with E-state index in [1.54, 1.807) is 41.0 Å². The predicted molar refractivity (Wildman–Crippen MR) is 109 cm³/mol. The van der Waals surface area contributed by atoms with Crippen LogP contribution in [-0.2, 0) is 6.54 Å². The molecule has 0 fully saturated rings. The van der Waals surface area contributed by atoms with Crippen molar-refractivity contribution in [3.63, 3.8) is 0 Å². The van der Waals surface area contributed by atoms with Gasteiger partial charge < -0.3 is 14.8 Å². The Labute approximate surface area is 176 Å². The molecule has 0 atom stereocenters. The number of carbonyl (C=O) groups is 1. The summed E-state index contributed by atoms with van der Waals surface area (Å²) in [5.74, 6) is 1.23. The first-order chi connectivity index (χ1) is 13.4. The highest BCUT2D eigenvalue weighted by Gasteiger charge is 2.14. The summed E-state index contributed by atoms with van der Waals surface area (Å²) in [5, 5.41) is 10.5. The third-order valence-electron chi connectivity index (χ3n) is 3.92. The van der Waals surface area contributed by atoms with Crippen molar-refractivity contribution >= 4 is 41.3 Å². The number of aromatic amines is 1. The summed E-state index contributed by atoms with van der Waals surface area (Å²) in [6.45, 7) is 0.131. The number of amides is 1. The second-order valence-electron chi connectivity index (χ2n) is 5.66. The average Bonchev–Trinajstić information content (AvgIpc) is 3.08. The molecule has 3 rings (SSSR count). The third kappa shape index (κ3) is 4.30. The Morgan fingerprint density at radius 1 is 1.14 bits per heavy atom. The largest absolute Gasteiger partial charge is 0.497 e. The number of hydrogen-bond donors (Lipinski definition) is 2. The van der Waals surface area contributed by atoms with Crippen LogP contribution in [0.1, 0.15) is 16.2 Å². The van der Waals surface area contributed by atoms with E-state index in [2.05, 4.69) is 15.5 Å². The zero-order chi connectivity index (χ0) is 20.3. The Morgan fingerprint density at radius 3 is 2.43 bits per heavy atom. The number of ether oxygens (including phenoxy) is 2. The van der Waals surface area contributed by atoms with E-state index in [1.165, 1.54) is 14.2 Å². The second-order valence-corrected chi connectivity index (χ2v) is 6.86. The number of methoxy groups -OCH3 is 2. The maximum Gasteiger partial charge on any atom is 0.251 e. The number of carbonyl (C=O) groups excluding carboxylic acids is 1. The second kappa shape index (κ2) is 8.64. The molecule has 10 heteroatoms. The molecule has 2 N–H and O–H groups in total. The van der Waals surface area contributed by atoms with E-state index < -0.39 is 0 Å². The van der Waals surface area contributed by atoms with E-state index in [9.17, 15) is 4.79 Å². The molecule has 0 aliphatic rings. The maximum atomic E-state index is 12.6. The van der Waals surface area contributed by atoms with Gasteiger partial charge in [0.1, 0.15) is 11.5 Å². The summed E-state index contributed by atoms with van der Waals surface area (Å²) in [4.78, 5) is 12.6. The van der Waals surface area contributed by atoms with Crippen LogP contribution in [0.15, 0.2) is 36.4 Å². The van der Waals surface area contributed by atoms with Crippen molar-refractivity contribution < 1.29 is 14.3 Å². The van der Waals surface area contributed by atoms with Crippen LogP contribution >= 0.6 is 35.4 Å². The fraction of sp³-hybridized carbons (Fsp3) is 0.167. The van der Waals surface area contributed by atoms with Gasteiger partial charge in [0, 0.05) is 11.6 Å². The van der Waals surface area contributed by atoms with Gasteiger partial charge in [-0.15, -0.1) is 0 Å². The van der Waals surface area contributed by atoms with Gasteiger partial charge in [-0.05, 0) is 42.5 Å². The highest BCUT2D eigenvalue weighted by molar-refractivity contribution is 7.71. The molecule has 1 heterocycles. The Morgan fingerprint density at radius 2 is 1.82 bits per heavy atom. The molecule has 0 spiro atoms. The molecule has 28 heavy (non-hydrogen) atoms. The van der Waals surface area contributed by atoms with Crippen LogP contribution in [0.25, 0.3) is 5.69 Å². The lowest BCUT2D eigenvalue weighted by Crippen LogP contribution is -2.24. The van der Waals surface area contributed by atoms with E-state index >= 15 is 0 Å². The zero-order valence-corrected chi connectivity index (χ0v) is 17.3. The van der Waals surface area contributed by atoms with Crippen molar-refractivity contribution in [2.45, 2.75) is 6.54 Å². The minimum absolute atomic E-state index is 0.131. The van der Waals surface area contributed by atoms with Gasteiger partial charge in [0.25, 0.3) is 5.91 Å². The van der Waals surface area contributed by atoms with Crippen molar-refractivity contribution in [1.29, 1.82) is 0 Å². The van der Waals surface area contributed by atoms with Gasteiger partial charge in [0.15, 0.2) is 10.6 Å². The molecule has 0 bridgehead atoms. The van der Waals surface area contributed by atoms with Gasteiger partial charge >= 0.3 is 0 Å².